The Labute approximate surface area is 182 Å². The molecule has 9 heteroatoms. The Balaban J connectivity index is 1.77. The number of amides is 1. The molecule has 1 atom stereocenters. The summed E-state index contributed by atoms with van der Waals surface area (Å²) in [4.78, 5) is 43.7. The Morgan fingerprint density at radius 2 is 1.81 bits per heavy atom. The predicted octanol–water partition coefficient (Wildman–Crippen LogP) is 2.43. The minimum Gasteiger partial charge on any atom is -0.467 e. The van der Waals surface area contributed by atoms with Gasteiger partial charge in [0.25, 0.3) is 5.56 Å². The number of nitrogens with one attached hydrogen (secondary N) is 2. The lowest BCUT2D eigenvalue weighted by Gasteiger charge is -2.16. The third-order valence-corrected chi connectivity index (χ3v) is 5.15. The first-order valence-electron chi connectivity index (χ1n) is 9.18. The van der Waals surface area contributed by atoms with Gasteiger partial charge in [-0.2, -0.15) is 5.26 Å². The number of thioether (sulfide) groups is 1. The summed E-state index contributed by atoms with van der Waals surface area (Å²) in [6.07, 6.45) is 0. The van der Waals surface area contributed by atoms with Gasteiger partial charge in [0.15, 0.2) is 11.2 Å². The minimum atomic E-state index is -0.952. The number of rotatable bonds is 7. The number of nitriles is 1. The van der Waals surface area contributed by atoms with E-state index in [0.29, 0.717) is 11.1 Å². The maximum Gasteiger partial charge on any atom is 0.333 e. The quantitative estimate of drug-likeness (QED) is 0.332. The van der Waals surface area contributed by atoms with Gasteiger partial charge >= 0.3 is 5.97 Å². The molecule has 1 amide bonds. The van der Waals surface area contributed by atoms with E-state index < -0.39 is 23.5 Å². The predicted molar refractivity (Wildman–Crippen MR) is 115 cm³/mol. The fourth-order valence-corrected chi connectivity index (χ4v) is 3.48. The van der Waals surface area contributed by atoms with Crippen molar-refractivity contribution in [3.63, 3.8) is 0 Å². The maximum atomic E-state index is 12.5. The number of nitrogens with zero attached hydrogens (tertiary/aromatic N) is 2. The Bertz CT molecular complexity index is 1170. The topological polar surface area (TPSA) is 125 Å². The lowest BCUT2D eigenvalue weighted by atomic mass is 10.1. The third-order valence-electron chi connectivity index (χ3n) is 4.27. The molecule has 156 valence electrons. The van der Waals surface area contributed by atoms with Crippen LogP contribution in [0.2, 0.25) is 0 Å². The number of esters is 1. The van der Waals surface area contributed by atoms with Crippen LogP contribution in [-0.2, 0) is 14.3 Å². The van der Waals surface area contributed by atoms with Crippen molar-refractivity contribution in [3.8, 4) is 17.3 Å². The first-order chi connectivity index (χ1) is 15.0. The highest BCUT2D eigenvalue weighted by molar-refractivity contribution is 7.99. The van der Waals surface area contributed by atoms with Crippen LogP contribution < -0.4 is 10.9 Å². The molecule has 3 rings (SSSR count). The summed E-state index contributed by atoms with van der Waals surface area (Å²) in [6.45, 7) is 0. The molecule has 2 aromatic carbocycles. The molecule has 0 aliphatic heterocycles. The van der Waals surface area contributed by atoms with Gasteiger partial charge in [0, 0.05) is 5.56 Å². The molecule has 0 radical (unpaired) electrons. The lowest BCUT2D eigenvalue weighted by molar-refractivity contribution is -0.145. The number of benzene rings is 2. The molecular weight excluding hydrogens is 416 g/mol. The number of aromatic amines is 1. The number of aromatic nitrogens is 2. The fraction of sp³-hybridized carbons (Fsp3) is 0.136. The van der Waals surface area contributed by atoms with E-state index in [1.54, 1.807) is 54.6 Å². The van der Waals surface area contributed by atoms with Crippen molar-refractivity contribution < 1.29 is 14.3 Å². The summed E-state index contributed by atoms with van der Waals surface area (Å²) >= 11 is 0.987. The summed E-state index contributed by atoms with van der Waals surface area (Å²) in [6, 6.07) is 18.5. The Morgan fingerprint density at radius 3 is 2.42 bits per heavy atom. The van der Waals surface area contributed by atoms with Gasteiger partial charge in [-0.1, -0.05) is 72.4 Å². The zero-order valence-electron chi connectivity index (χ0n) is 16.5. The van der Waals surface area contributed by atoms with E-state index in [9.17, 15) is 19.6 Å². The number of methoxy groups -OCH3 is 1. The van der Waals surface area contributed by atoms with Crippen LogP contribution in [0.3, 0.4) is 0 Å². The van der Waals surface area contributed by atoms with Crippen molar-refractivity contribution in [2.24, 2.45) is 0 Å². The van der Waals surface area contributed by atoms with Gasteiger partial charge in [-0.25, -0.2) is 9.78 Å². The summed E-state index contributed by atoms with van der Waals surface area (Å²) < 4.78 is 4.79. The van der Waals surface area contributed by atoms with Crippen LogP contribution >= 0.6 is 11.8 Å². The second-order valence-electron chi connectivity index (χ2n) is 6.30. The molecular formula is C22H18N4O4S. The molecule has 0 bridgehead atoms. The van der Waals surface area contributed by atoms with Crippen molar-refractivity contribution in [1.29, 1.82) is 5.26 Å². The number of carbonyl (C=O) groups is 2. The Kier molecular flexibility index (Phi) is 7.19. The third kappa shape index (κ3) is 5.38. The molecule has 0 saturated carbocycles. The first kappa shape index (κ1) is 21.8. The monoisotopic (exact) mass is 434 g/mol. The van der Waals surface area contributed by atoms with Crippen molar-refractivity contribution in [2.45, 2.75) is 11.2 Å². The summed E-state index contributed by atoms with van der Waals surface area (Å²) in [5.74, 6) is -1.15. The minimum absolute atomic E-state index is 0.102. The van der Waals surface area contributed by atoms with Crippen molar-refractivity contribution in [3.05, 3.63) is 82.1 Å². The maximum absolute atomic E-state index is 12.5. The SMILES string of the molecule is COC(=O)[C@@H](NC(=O)CSc1nc(-c2ccccc2)c(C#N)c(=O)[nH]1)c1ccccc1. The highest BCUT2D eigenvalue weighted by Crippen LogP contribution is 2.22. The van der Waals surface area contributed by atoms with E-state index >= 15 is 0 Å². The van der Waals surface area contributed by atoms with E-state index in [2.05, 4.69) is 15.3 Å². The summed E-state index contributed by atoms with van der Waals surface area (Å²) in [7, 11) is 1.25. The summed E-state index contributed by atoms with van der Waals surface area (Å²) in [5, 5.41) is 12.1. The van der Waals surface area contributed by atoms with Gasteiger partial charge in [0.05, 0.1) is 18.6 Å². The second kappa shape index (κ2) is 10.2. The Morgan fingerprint density at radius 1 is 1.16 bits per heavy atom. The average molecular weight is 434 g/mol. The molecule has 1 aromatic heterocycles. The molecule has 0 aliphatic rings. The van der Waals surface area contributed by atoms with Gasteiger partial charge in [-0.05, 0) is 5.56 Å². The normalized spacial score (nSPS) is 11.2. The number of hydrogen-bond donors (Lipinski definition) is 2. The van der Waals surface area contributed by atoms with Crippen molar-refractivity contribution >= 4 is 23.6 Å². The second-order valence-corrected chi connectivity index (χ2v) is 7.26. The smallest absolute Gasteiger partial charge is 0.333 e. The van der Waals surface area contributed by atoms with Crippen molar-refractivity contribution in [2.75, 3.05) is 12.9 Å². The highest BCUT2D eigenvalue weighted by atomic mass is 32.2. The van der Waals surface area contributed by atoms with E-state index in [1.807, 2.05) is 12.1 Å². The van der Waals surface area contributed by atoms with Crippen LogP contribution in [0.5, 0.6) is 0 Å². The molecule has 0 fully saturated rings. The van der Waals surface area contributed by atoms with Gasteiger partial charge in [0.1, 0.15) is 11.6 Å². The van der Waals surface area contributed by atoms with Gasteiger partial charge in [0.2, 0.25) is 5.91 Å². The lowest BCUT2D eigenvalue weighted by Crippen LogP contribution is -2.35. The number of hydrogen-bond acceptors (Lipinski definition) is 7. The molecule has 0 saturated heterocycles. The molecule has 2 N–H and O–H groups in total. The molecule has 0 spiro atoms. The highest BCUT2D eigenvalue weighted by Gasteiger charge is 2.23. The standard InChI is InChI=1S/C22H18N4O4S/c1-30-21(29)19(15-10-6-3-7-11-15)24-17(27)13-31-22-25-18(14-8-4-2-5-9-14)16(12-23)20(28)26-22/h2-11,19H,13H2,1H3,(H,24,27)(H,25,26,28)/t19-/m0/s1. The van der Waals surface area contributed by atoms with Crippen LogP contribution in [0.25, 0.3) is 11.3 Å². The summed E-state index contributed by atoms with van der Waals surface area (Å²) in [5.41, 5.74) is 0.757. The molecule has 1 heterocycles. The molecule has 3 aromatic rings. The molecule has 0 aliphatic carbocycles. The molecule has 8 nitrogen and oxygen atoms in total. The average Bonchev–Trinajstić information content (AvgIpc) is 2.81. The number of carbonyl (C=O) groups excluding carboxylic acids is 2. The van der Waals surface area contributed by atoms with E-state index in [4.69, 9.17) is 4.74 Å². The van der Waals surface area contributed by atoms with Crippen LogP contribution in [0.15, 0.2) is 70.6 Å². The van der Waals surface area contributed by atoms with Gasteiger partial charge in [-0.3, -0.25) is 9.59 Å². The van der Waals surface area contributed by atoms with Crippen molar-refractivity contribution in [1.82, 2.24) is 15.3 Å². The zero-order chi connectivity index (χ0) is 22.2. The van der Waals surface area contributed by atoms with Crippen LogP contribution in [-0.4, -0.2) is 34.7 Å². The van der Waals surface area contributed by atoms with Gasteiger partial charge < -0.3 is 15.0 Å². The zero-order valence-corrected chi connectivity index (χ0v) is 17.3. The van der Waals surface area contributed by atoms with E-state index in [0.717, 1.165) is 11.8 Å². The van der Waals surface area contributed by atoms with E-state index in [1.165, 1.54) is 7.11 Å². The van der Waals surface area contributed by atoms with E-state index in [-0.39, 0.29) is 22.2 Å². The van der Waals surface area contributed by atoms with Gasteiger partial charge in [-0.15, -0.1) is 0 Å². The largest absolute Gasteiger partial charge is 0.467 e. The van der Waals surface area contributed by atoms with Crippen LogP contribution in [0, 0.1) is 11.3 Å². The first-order valence-corrected chi connectivity index (χ1v) is 10.2. The Hall–Kier alpha value is -3.90. The number of ether oxygens (including phenoxy) is 1. The molecule has 0 unspecified atom stereocenters. The van der Waals surface area contributed by atoms with Crippen LogP contribution in [0.1, 0.15) is 17.2 Å². The molecule has 31 heavy (non-hydrogen) atoms. The fourth-order valence-electron chi connectivity index (χ4n) is 2.81. The van der Waals surface area contributed by atoms with Crippen LogP contribution in [0.4, 0.5) is 0 Å². The number of H-pyrrole nitrogens is 1.